The smallest absolute Gasteiger partial charge is 0.414 e. The van der Waals surface area contributed by atoms with Gasteiger partial charge >= 0.3 is 11.9 Å². The van der Waals surface area contributed by atoms with E-state index < -0.39 is 17.5 Å². The number of aliphatic carboxylic acids is 2. The standard InChI is InChI=1S/C24H34N2O3.C2H2O4/c27-20-10-13-24(29,14-11-20)17-25-16-22(28)26-15-12-18-6-4-5-9-21(18)23(26)19-7-2-1-3-8-19;3-1(4)2(5)6/h4-6,9,19,23,25,29H,1-3,7-8,10-17H2;(H,3,4)(H,5,6). The number of hydrogen-bond acceptors (Lipinski definition) is 6. The Labute approximate surface area is 205 Å². The van der Waals surface area contributed by atoms with Gasteiger partial charge in [-0.15, -0.1) is 0 Å². The number of aliphatic hydroxyl groups is 1. The molecule has 2 fully saturated rings. The van der Waals surface area contributed by atoms with Gasteiger partial charge in [-0.3, -0.25) is 9.59 Å². The van der Waals surface area contributed by atoms with Crippen molar-refractivity contribution in [3.8, 4) is 0 Å². The molecule has 9 heteroatoms. The average Bonchev–Trinajstić information content (AvgIpc) is 2.86. The van der Waals surface area contributed by atoms with Gasteiger partial charge in [-0.1, -0.05) is 43.5 Å². The molecule has 9 nitrogen and oxygen atoms in total. The van der Waals surface area contributed by atoms with Crippen LogP contribution in [0.5, 0.6) is 0 Å². The van der Waals surface area contributed by atoms with Gasteiger partial charge in [0, 0.05) is 25.9 Å². The van der Waals surface area contributed by atoms with Gasteiger partial charge in [-0.05, 0) is 49.1 Å². The number of fused-ring (bicyclic) bond motifs is 1. The summed E-state index contributed by atoms with van der Waals surface area (Å²) in [7, 11) is 0. The maximum absolute atomic E-state index is 13.2. The van der Waals surface area contributed by atoms with Crippen molar-refractivity contribution in [2.24, 2.45) is 5.92 Å². The molecular weight excluding hydrogens is 452 g/mol. The van der Waals surface area contributed by atoms with Gasteiger partial charge in [-0.25, -0.2) is 9.59 Å². The Morgan fingerprint density at radius 2 is 1.60 bits per heavy atom. The predicted molar refractivity (Wildman–Crippen MR) is 128 cm³/mol. The second kappa shape index (κ2) is 12.3. The molecule has 1 aliphatic heterocycles. The first-order chi connectivity index (χ1) is 16.7. The fourth-order valence-corrected chi connectivity index (χ4v) is 5.51. The lowest BCUT2D eigenvalue weighted by Crippen LogP contribution is -2.50. The van der Waals surface area contributed by atoms with Crippen molar-refractivity contribution >= 4 is 23.6 Å². The van der Waals surface area contributed by atoms with E-state index in [-0.39, 0.29) is 24.3 Å². The number of nitrogens with one attached hydrogen (secondary N) is 1. The minimum Gasteiger partial charge on any atom is -0.473 e. The fourth-order valence-electron chi connectivity index (χ4n) is 5.51. The van der Waals surface area contributed by atoms with Crippen LogP contribution >= 0.6 is 0 Å². The van der Waals surface area contributed by atoms with Crippen molar-refractivity contribution in [3.05, 3.63) is 35.4 Å². The maximum Gasteiger partial charge on any atom is 0.414 e. The van der Waals surface area contributed by atoms with Crippen molar-refractivity contribution < 1.29 is 34.5 Å². The SMILES string of the molecule is O=C(O)C(=O)O.O=C1CCC(O)(CNCC(=O)N2CCc3ccccc3C2C2CCCCC2)CC1. The number of Topliss-reactive ketones (excluding diaryl/α,β-unsaturated/α-hetero) is 1. The highest BCUT2D eigenvalue weighted by Crippen LogP contribution is 2.41. The normalized spacial score (nSPS) is 21.9. The van der Waals surface area contributed by atoms with Gasteiger partial charge in [0.2, 0.25) is 5.91 Å². The van der Waals surface area contributed by atoms with Gasteiger partial charge in [-0.2, -0.15) is 0 Å². The number of hydrogen-bond donors (Lipinski definition) is 4. The molecule has 0 spiro atoms. The minimum absolute atomic E-state index is 0.130. The van der Waals surface area contributed by atoms with E-state index in [2.05, 4.69) is 34.5 Å². The lowest BCUT2D eigenvalue weighted by molar-refractivity contribution is -0.159. The van der Waals surface area contributed by atoms with Crippen LogP contribution < -0.4 is 5.32 Å². The third-order valence-electron chi connectivity index (χ3n) is 7.40. The molecule has 4 rings (SSSR count). The number of carboxylic acid groups (broad SMARTS) is 2. The summed E-state index contributed by atoms with van der Waals surface area (Å²) in [6.07, 6.45) is 9.01. The third-order valence-corrected chi connectivity index (χ3v) is 7.40. The van der Waals surface area contributed by atoms with Crippen molar-refractivity contribution in [1.82, 2.24) is 10.2 Å². The summed E-state index contributed by atoms with van der Waals surface area (Å²) in [6.45, 7) is 1.41. The minimum atomic E-state index is -1.82. The summed E-state index contributed by atoms with van der Waals surface area (Å²) < 4.78 is 0. The van der Waals surface area contributed by atoms with E-state index in [1.807, 2.05) is 0 Å². The lowest BCUT2D eigenvalue weighted by atomic mass is 9.77. The van der Waals surface area contributed by atoms with Crippen LogP contribution in [0.15, 0.2) is 24.3 Å². The van der Waals surface area contributed by atoms with Crippen molar-refractivity contribution in [3.63, 3.8) is 0 Å². The number of rotatable bonds is 5. The number of amides is 1. The second-order valence-corrected chi connectivity index (χ2v) is 9.86. The number of carboxylic acids is 2. The molecule has 1 amide bonds. The predicted octanol–water partition coefficient (Wildman–Crippen LogP) is 2.31. The molecule has 2 aliphatic carbocycles. The molecule has 0 saturated heterocycles. The van der Waals surface area contributed by atoms with Crippen LogP contribution in [0.3, 0.4) is 0 Å². The summed E-state index contributed by atoms with van der Waals surface area (Å²) >= 11 is 0. The molecular formula is C26H36N2O7. The third kappa shape index (κ3) is 7.35. The lowest BCUT2D eigenvalue weighted by Gasteiger charge is -2.43. The average molecular weight is 489 g/mol. The Morgan fingerprint density at radius 1 is 0.971 bits per heavy atom. The summed E-state index contributed by atoms with van der Waals surface area (Å²) in [4.78, 5) is 44.9. The van der Waals surface area contributed by atoms with E-state index in [1.54, 1.807) is 0 Å². The molecule has 35 heavy (non-hydrogen) atoms. The summed E-state index contributed by atoms with van der Waals surface area (Å²) in [5.41, 5.74) is 1.87. The molecule has 1 aromatic rings. The topological polar surface area (TPSA) is 144 Å². The number of carbonyl (C=O) groups is 4. The number of benzene rings is 1. The largest absolute Gasteiger partial charge is 0.473 e. The van der Waals surface area contributed by atoms with Crippen LogP contribution in [0.1, 0.15) is 75.0 Å². The fraction of sp³-hybridized carbons (Fsp3) is 0.615. The van der Waals surface area contributed by atoms with E-state index >= 15 is 0 Å². The Balaban J connectivity index is 0.000000509. The molecule has 192 valence electrons. The zero-order valence-corrected chi connectivity index (χ0v) is 20.1. The zero-order valence-electron chi connectivity index (χ0n) is 20.1. The number of ketones is 1. The maximum atomic E-state index is 13.2. The Hall–Kier alpha value is -2.78. The zero-order chi connectivity index (χ0) is 25.4. The number of carbonyl (C=O) groups excluding carboxylic acids is 2. The van der Waals surface area contributed by atoms with Crippen LogP contribution in [0.4, 0.5) is 0 Å². The summed E-state index contributed by atoms with van der Waals surface area (Å²) in [5, 5.41) is 28.6. The van der Waals surface area contributed by atoms with Crippen LogP contribution in [0.2, 0.25) is 0 Å². The number of nitrogens with zero attached hydrogens (tertiary/aromatic N) is 1. The summed E-state index contributed by atoms with van der Waals surface area (Å²) in [5.74, 6) is -2.74. The van der Waals surface area contributed by atoms with Crippen LogP contribution in [0.25, 0.3) is 0 Å². The van der Waals surface area contributed by atoms with E-state index in [9.17, 15) is 14.7 Å². The van der Waals surface area contributed by atoms with Crippen molar-refractivity contribution in [2.75, 3.05) is 19.6 Å². The highest BCUT2D eigenvalue weighted by atomic mass is 16.4. The van der Waals surface area contributed by atoms with Crippen LogP contribution in [-0.2, 0) is 25.6 Å². The second-order valence-electron chi connectivity index (χ2n) is 9.86. The van der Waals surface area contributed by atoms with E-state index in [1.165, 1.54) is 43.2 Å². The first kappa shape index (κ1) is 26.8. The van der Waals surface area contributed by atoms with E-state index in [0.29, 0.717) is 38.1 Å². The molecule has 4 N–H and O–H groups in total. The van der Waals surface area contributed by atoms with Gasteiger partial charge in [0.15, 0.2) is 0 Å². The van der Waals surface area contributed by atoms with Gasteiger partial charge in [0.25, 0.3) is 0 Å². The Kier molecular flexibility index (Phi) is 9.40. The molecule has 1 atom stereocenters. The first-order valence-corrected chi connectivity index (χ1v) is 12.5. The van der Waals surface area contributed by atoms with E-state index in [0.717, 1.165) is 13.0 Å². The van der Waals surface area contributed by atoms with Gasteiger partial charge in [0.05, 0.1) is 18.2 Å². The van der Waals surface area contributed by atoms with Gasteiger partial charge in [0.1, 0.15) is 5.78 Å². The molecule has 0 bridgehead atoms. The summed E-state index contributed by atoms with van der Waals surface area (Å²) in [6, 6.07) is 8.81. The monoisotopic (exact) mass is 488 g/mol. The van der Waals surface area contributed by atoms with E-state index in [4.69, 9.17) is 19.8 Å². The Bertz CT molecular complexity index is 904. The molecule has 3 aliphatic rings. The molecule has 1 heterocycles. The van der Waals surface area contributed by atoms with Crippen molar-refractivity contribution in [1.29, 1.82) is 0 Å². The van der Waals surface area contributed by atoms with Crippen LogP contribution in [-0.4, -0.2) is 69.1 Å². The molecule has 0 aromatic heterocycles. The Morgan fingerprint density at radius 3 is 2.23 bits per heavy atom. The highest BCUT2D eigenvalue weighted by molar-refractivity contribution is 6.27. The molecule has 2 saturated carbocycles. The first-order valence-electron chi connectivity index (χ1n) is 12.5. The molecule has 1 aromatic carbocycles. The quantitative estimate of drug-likeness (QED) is 0.462. The van der Waals surface area contributed by atoms with Crippen LogP contribution in [0, 0.1) is 5.92 Å². The molecule has 1 unspecified atom stereocenters. The van der Waals surface area contributed by atoms with Crippen molar-refractivity contribution in [2.45, 2.75) is 75.9 Å². The van der Waals surface area contributed by atoms with Gasteiger partial charge < -0.3 is 25.5 Å². The highest BCUT2D eigenvalue weighted by Gasteiger charge is 2.37. The molecule has 0 radical (unpaired) electrons.